The average Bonchev–Trinajstić information content (AvgIpc) is 2.71. The van der Waals surface area contributed by atoms with Crippen LogP contribution < -0.4 is 5.73 Å². The van der Waals surface area contributed by atoms with Crippen LogP contribution in [0.3, 0.4) is 0 Å². The minimum absolute atomic E-state index is 0.133. The molecule has 0 saturated heterocycles. The molecule has 0 unspecified atom stereocenters. The highest BCUT2D eigenvalue weighted by molar-refractivity contribution is 7.87. The Morgan fingerprint density at radius 3 is 1.75 bits per heavy atom. The number of hydrogen-bond acceptors (Lipinski definition) is 8. The van der Waals surface area contributed by atoms with Crippen molar-refractivity contribution >= 4 is 26.2 Å². The molecule has 9 nitrogen and oxygen atoms in total. The van der Waals surface area contributed by atoms with Crippen LogP contribution in [0.5, 0.6) is 0 Å². The highest BCUT2D eigenvalue weighted by Crippen LogP contribution is 2.28. The first-order valence-electron chi connectivity index (χ1n) is 9.58. The summed E-state index contributed by atoms with van der Waals surface area (Å²) >= 11 is 0. The van der Waals surface area contributed by atoms with Gasteiger partial charge in [0.15, 0.2) is 0 Å². The van der Waals surface area contributed by atoms with Crippen molar-refractivity contribution in [2.45, 2.75) is 48.3 Å². The first-order chi connectivity index (χ1) is 14.9. The number of carbonyl (C=O) groups is 1. The number of aliphatic carboxylic acids is 1. The SMILES string of the molecule is Cc1ccc(S(=O)(=O)O[C@H]2C=C(C(=O)O)C[C@@H](OS(=O)(=O)c3ccc(C)cc3)[C@H]2N)cc1. The average molecular weight is 482 g/mol. The molecule has 0 bridgehead atoms. The van der Waals surface area contributed by atoms with Gasteiger partial charge in [0.1, 0.15) is 6.10 Å². The third kappa shape index (κ3) is 5.43. The molecule has 172 valence electrons. The predicted molar refractivity (Wildman–Crippen MR) is 115 cm³/mol. The van der Waals surface area contributed by atoms with Crippen molar-refractivity contribution < 1.29 is 35.1 Å². The molecular formula is C21H23NO8S2. The Morgan fingerprint density at radius 2 is 1.31 bits per heavy atom. The number of benzene rings is 2. The van der Waals surface area contributed by atoms with Crippen LogP contribution in [-0.2, 0) is 33.4 Å². The zero-order chi connectivity index (χ0) is 23.7. The van der Waals surface area contributed by atoms with E-state index in [0.29, 0.717) is 0 Å². The zero-order valence-electron chi connectivity index (χ0n) is 17.3. The van der Waals surface area contributed by atoms with E-state index in [0.717, 1.165) is 17.2 Å². The van der Waals surface area contributed by atoms with Crippen LogP contribution in [-0.4, -0.2) is 46.2 Å². The molecule has 0 saturated carbocycles. The molecule has 0 radical (unpaired) electrons. The molecule has 0 aromatic heterocycles. The minimum atomic E-state index is -4.31. The molecule has 32 heavy (non-hydrogen) atoms. The summed E-state index contributed by atoms with van der Waals surface area (Å²) in [5.41, 5.74) is 7.50. The van der Waals surface area contributed by atoms with Gasteiger partial charge in [-0.3, -0.25) is 8.37 Å². The molecule has 0 fully saturated rings. The second-order valence-electron chi connectivity index (χ2n) is 7.51. The molecule has 1 aliphatic rings. The van der Waals surface area contributed by atoms with Crippen LogP contribution in [0.25, 0.3) is 0 Å². The van der Waals surface area contributed by atoms with Crippen molar-refractivity contribution in [3.63, 3.8) is 0 Å². The van der Waals surface area contributed by atoms with Crippen LogP contribution in [0.1, 0.15) is 17.5 Å². The molecular weight excluding hydrogens is 458 g/mol. The van der Waals surface area contributed by atoms with Gasteiger partial charge in [0, 0.05) is 12.0 Å². The quantitative estimate of drug-likeness (QED) is 0.565. The number of nitrogens with two attached hydrogens (primary N) is 1. The Kier molecular flexibility index (Phi) is 6.86. The monoisotopic (exact) mass is 481 g/mol. The van der Waals surface area contributed by atoms with E-state index in [-0.39, 0.29) is 21.8 Å². The zero-order valence-corrected chi connectivity index (χ0v) is 19.0. The third-order valence-electron chi connectivity index (χ3n) is 4.98. The van der Waals surface area contributed by atoms with E-state index in [9.17, 15) is 26.7 Å². The molecule has 2 aromatic rings. The Balaban J connectivity index is 1.89. The van der Waals surface area contributed by atoms with Crippen LogP contribution in [0.4, 0.5) is 0 Å². The Bertz CT molecular complexity index is 1230. The smallest absolute Gasteiger partial charge is 0.331 e. The van der Waals surface area contributed by atoms with Gasteiger partial charge < -0.3 is 10.8 Å². The summed E-state index contributed by atoms with van der Waals surface area (Å²) in [6, 6.07) is 10.4. The van der Waals surface area contributed by atoms with E-state index in [1.807, 2.05) is 0 Å². The Labute approximate surface area is 186 Å². The van der Waals surface area contributed by atoms with Crippen molar-refractivity contribution in [3.05, 3.63) is 71.3 Å². The third-order valence-corrected chi connectivity index (χ3v) is 7.65. The van der Waals surface area contributed by atoms with Gasteiger partial charge in [-0.05, 0) is 44.2 Å². The number of carboxylic acid groups (broad SMARTS) is 1. The van der Waals surface area contributed by atoms with Gasteiger partial charge in [0.25, 0.3) is 20.2 Å². The maximum Gasteiger partial charge on any atom is 0.331 e. The molecule has 0 heterocycles. The second-order valence-corrected chi connectivity index (χ2v) is 10.7. The summed E-state index contributed by atoms with van der Waals surface area (Å²) in [5.74, 6) is -1.36. The molecule has 1 aliphatic carbocycles. The number of carboxylic acids is 1. The molecule has 0 aliphatic heterocycles. The van der Waals surface area contributed by atoms with Crippen molar-refractivity contribution in [2.24, 2.45) is 5.73 Å². The summed E-state index contributed by atoms with van der Waals surface area (Å²) < 4.78 is 61.1. The van der Waals surface area contributed by atoms with E-state index < -0.39 is 44.5 Å². The number of rotatable bonds is 7. The van der Waals surface area contributed by atoms with E-state index in [1.165, 1.54) is 24.3 Å². The fraction of sp³-hybridized carbons (Fsp3) is 0.286. The molecule has 0 spiro atoms. The predicted octanol–water partition coefficient (Wildman–Crippen LogP) is 1.89. The first kappa shape index (κ1) is 24.1. The Morgan fingerprint density at radius 1 is 0.875 bits per heavy atom. The van der Waals surface area contributed by atoms with Crippen molar-refractivity contribution in [1.82, 2.24) is 0 Å². The molecule has 3 N–H and O–H groups in total. The maximum atomic E-state index is 12.7. The minimum Gasteiger partial charge on any atom is -0.478 e. The fourth-order valence-electron chi connectivity index (χ4n) is 3.12. The molecule has 2 aromatic carbocycles. The topological polar surface area (TPSA) is 150 Å². The van der Waals surface area contributed by atoms with Crippen LogP contribution in [0.2, 0.25) is 0 Å². The summed E-state index contributed by atoms with van der Waals surface area (Å²) in [5, 5.41) is 9.43. The second kappa shape index (κ2) is 9.12. The largest absolute Gasteiger partial charge is 0.478 e. The molecule has 3 atom stereocenters. The lowest BCUT2D eigenvalue weighted by atomic mass is 9.91. The van der Waals surface area contributed by atoms with Crippen LogP contribution in [0, 0.1) is 13.8 Å². The van der Waals surface area contributed by atoms with Gasteiger partial charge in [-0.2, -0.15) is 16.8 Å². The highest BCUT2D eigenvalue weighted by Gasteiger charge is 2.39. The van der Waals surface area contributed by atoms with E-state index in [2.05, 4.69) is 0 Å². The summed E-state index contributed by atoms with van der Waals surface area (Å²) in [6.07, 6.45) is -2.07. The van der Waals surface area contributed by atoms with Gasteiger partial charge in [-0.15, -0.1) is 0 Å². The lowest BCUT2D eigenvalue weighted by Crippen LogP contribution is -2.51. The van der Waals surface area contributed by atoms with Gasteiger partial charge in [-0.1, -0.05) is 35.4 Å². The van der Waals surface area contributed by atoms with E-state index >= 15 is 0 Å². The van der Waals surface area contributed by atoms with Crippen molar-refractivity contribution in [2.75, 3.05) is 0 Å². The van der Waals surface area contributed by atoms with Gasteiger partial charge in [0.2, 0.25) is 0 Å². The molecule has 0 amide bonds. The molecule has 11 heteroatoms. The highest BCUT2D eigenvalue weighted by atomic mass is 32.2. The normalized spacial score (nSPS) is 21.7. The van der Waals surface area contributed by atoms with Gasteiger partial charge in [-0.25, -0.2) is 4.79 Å². The van der Waals surface area contributed by atoms with E-state index in [4.69, 9.17) is 14.1 Å². The number of aryl methyl sites for hydroxylation is 2. The lowest BCUT2D eigenvalue weighted by Gasteiger charge is -2.32. The van der Waals surface area contributed by atoms with Gasteiger partial charge >= 0.3 is 5.97 Å². The fourth-order valence-corrected chi connectivity index (χ4v) is 5.28. The Hall–Kier alpha value is -2.57. The van der Waals surface area contributed by atoms with Crippen LogP contribution in [0.15, 0.2) is 70.0 Å². The molecule has 3 rings (SSSR count). The van der Waals surface area contributed by atoms with Crippen molar-refractivity contribution in [3.8, 4) is 0 Å². The summed E-state index contributed by atoms with van der Waals surface area (Å²) in [7, 11) is -8.59. The summed E-state index contributed by atoms with van der Waals surface area (Å²) in [6.45, 7) is 3.57. The van der Waals surface area contributed by atoms with Crippen molar-refractivity contribution in [1.29, 1.82) is 0 Å². The summed E-state index contributed by atoms with van der Waals surface area (Å²) in [4.78, 5) is 11.3. The van der Waals surface area contributed by atoms with E-state index in [1.54, 1.807) is 38.1 Å². The van der Waals surface area contributed by atoms with Crippen LogP contribution >= 0.6 is 0 Å². The standard InChI is InChI=1S/C21H23NO8S2/c1-13-3-7-16(8-4-13)31(25,26)29-18-11-15(21(23)24)12-19(20(18)22)30-32(27,28)17-9-5-14(2)6-10-17/h3-11,18-20H,12,22H2,1-2H3,(H,23,24)/t18-,19+,20-/m0/s1. The van der Waals surface area contributed by atoms with Gasteiger partial charge in [0.05, 0.1) is 21.9 Å². The number of hydrogen-bond donors (Lipinski definition) is 2. The lowest BCUT2D eigenvalue weighted by molar-refractivity contribution is -0.133. The first-order valence-corrected chi connectivity index (χ1v) is 12.4. The maximum absolute atomic E-state index is 12.7.